The molecule has 1 aromatic rings. The average Bonchev–Trinajstić information content (AvgIpc) is 2.20. The van der Waals surface area contributed by atoms with Crippen LogP contribution in [-0.4, -0.2) is 29.1 Å². The zero-order valence-corrected chi connectivity index (χ0v) is 11.1. The van der Waals surface area contributed by atoms with Crippen molar-refractivity contribution >= 4 is 21.9 Å². The summed E-state index contributed by atoms with van der Waals surface area (Å²) in [5.74, 6) is -0.754. The van der Waals surface area contributed by atoms with E-state index in [1.165, 1.54) is 5.56 Å². The zero-order valence-electron chi connectivity index (χ0n) is 9.48. The molecule has 0 saturated heterocycles. The lowest BCUT2D eigenvalue weighted by atomic mass is 10.1. The van der Waals surface area contributed by atoms with Crippen molar-refractivity contribution in [3.05, 3.63) is 34.3 Å². The number of carbonyl (C=O) groups is 1. The molecule has 0 aliphatic carbocycles. The largest absolute Gasteiger partial charge is 0.481 e. The lowest BCUT2D eigenvalue weighted by Crippen LogP contribution is -2.30. The van der Waals surface area contributed by atoms with Gasteiger partial charge in [-0.1, -0.05) is 28.1 Å². The van der Waals surface area contributed by atoms with Gasteiger partial charge < -0.3 is 5.11 Å². The molecule has 0 aromatic heterocycles. The number of benzene rings is 1. The van der Waals surface area contributed by atoms with Gasteiger partial charge in [-0.05, 0) is 31.7 Å². The van der Waals surface area contributed by atoms with E-state index in [4.69, 9.17) is 5.11 Å². The summed E-state index contributed by atoms with van der Waals surface area (Å²) in [6.45, 7) is 2.69. The van der Waals surface area contributed by atoms with Crippen LogP contribution in [0.1, 0.15) is 18.9 Å². The average molecular weight is 286 g/mol. The number of aliphatic carboxylic acids is 1. The molecule has 0 aliphatic rings. The predicted octanol–water partition coefficient (Wildman–Crippen LogP) is 2.74. The van der Waals surface area contributed by atoms with E-state index in [-0.39, 0.29) is 12.5 Å². The number of carboxylic acids is 1. The van der Waals surface area contributed by atoms with E-state index in [1.807, 2.05) is 43.1 Å². The first-order chi connectivity index (χ1) is 7.49. The molecule has 1 unspecified atom stereocenters. The third kappa shape index (κ3) is 4.33. The molecule has 0 fully saturated rings. The molecule has 0 radical (unpaired) electrons. The smallest absolute Gasteiger partial charge is 0.304 e. The Morgan fingerprint density at radius 1 is 1.44 bits per heavy atom. The number of halogens is 1. The van der Waals surface area contributed by atoms with Crippen LogP contribution >= 0.6 is 15.9 Å². The van der Waals surface area contributed by atoms with Crippen molar-refractivity contribution in [3.63, 3.8) is 0 Å². The predicted molar refractivity (Wildman–Crippen MR) is 67.3 cm³/mol. The number of carboxylic acid groups (broad SMARTS) is 1. The van der Waals surface area contributed by atoms with Gasteiger partial charge in [0.05, 0.1) is 6.42 Å². The van der Waals surface area contributed by atoms with Crippen LogP contribution in [0.25, 0.3) is 0 Å². The molecular formula is C12H16BrNO2. The second kappa shape index (κ2) is 6.01. The lowest BCUT2D eigenvalue weighted by molar-refractivity contribution is -0.138. The molecule has 0 amide bonds. The van der Waals surface area contributed by atoms with E-state index in [0.717, 1.165) is 11.0 Å². The van der Waals surface area contributed by atoms with E-state index in [2.05, 4.69) is 15.9 Å². The Kier molecular flexibility index (Phi) is 4.96. The summed E-state index contributed by atoms with van der Waals surface area (Å²) in [5, 5.41) is 8.70. The molecule has 4 heteroatoms. The van der Waals surface area contributed by atoms with Crippen LogP contribution in [-0.2, 0) is 11.3 Å². The molecule has 88 valence electrons. The van der Waals surface area contributed by atoms with Gasteiger partial charge in [-0.25, -0.2) is 0 Å². The number of nitrogens with zero attached hydrogens (tertiary/aromatic N) is 1. The van der Waals surface area contributed by atoms with Crippen LogP contribution in [0, 0.1) is 0 Å². The first-order valence-electron chi connectivity index (χ1n) is 5.15. The second-order valence-electron chi connectivity index (χ2n) is 3.99. The third-order valence-electron chi connectivity index (χ3n) is 2.57. The Morgan fingerprint density at radius 3 is 2.50 bits per heavy atom. The van der Waals surface area contributed by atoms with Gasteiger partial charge in [-0.2, -0.15) is 0 Å². The fourth-order valence-corrected chi connectivity index (χ4v) is 1.71. The third-order valence-corrected chi connectivity index (χ3v) is 3.10. The minimum absolute atomic E-state index is 0.0427. The Labute approximate surface area is 104 Å². The van der Waals surface area contributed by atoms with Crippen LogP contribution < -0.4 is 0 Å². The van der Waals surface area contributed by atoms with Gasteiger partial charge in [-0.15, -0.1) is 0 Å². The van der Waals surface area contributed by atoms with Gasteiger partial charge in [0, 0.05) is 17.1 Å². The molecule has 0 heterocycles. The van der Waals surface area contributed by atoms with Crippen molar-refractivity contribution < 1.29 is 9.90 Å². The SMILES string of the molecule is CC(CC(=O)O)N(C)Cc1ccc(Br)cc1. The van der Waals surface area contributed by atoms with E-state index in [0.29, 0.717) is 0 Å². The summed E-state index contributed by atoms with van der Waals surface area (Å²) in [6.07, 6.45) is 0.174. The Hall–Kier alpha value is -0.870. The van der Waals surface area contributed by atoms with Crippen molar-refractivity contribution in [2.75, 3.05) is 7.05 Å². The van der Waals surface area contributed by atoms with Crippen molar-refractivity contribution in [1.29, 1.82) is 0 Å². The van der Waals surface area contributed by atoms with Crippen molar-refractivity contribution in [1.82, 2.24) is 4.90 Å². The highest BCUT2D eigenvalue weighted by atomic mass is 79.9. The normalized spacial score (nSPS) is 12.8. The lowest BCUT2D eigenvalue weighted by Gasteiger charge is -2.23. The first kappa shape index (κ1) is 13.2. The molecule has 0 saturated carbocycles. The maximum atomic E-state index is 10.6. The standard InChI is InChI=1S/C12H16BrNO2/c1-9(7-12(15)16)14(2)8-10-3-5-11(13)6-4-10/h3-6,9H,7-8H2,1-2H3,(H,15,16). The molecule has 0 bridgehead atoms. The first-order valence-corrected chi connectivity index (χ1v) is 5.95. The second-order valence-corrected chi connectivity index (χ2v) is 4.90. The minimum atomic E-state index is -0.754. The molecule has 3 nitrogen and oxygen atoms in total. The molecule has 1 N–H and O–H groups in total. The monoisotopic (exact) mass is 285 g/mol. The maximum Gasteiger partial charge on any atom is 0.304 e. The molecule has 0 spiro atoms. The highest BCUT2D eigenvalue weighted by Crippen LogP contribution is 2.13. The topological polar surface area (TPSA) is 40.5 Å². The van der Waals surface area contributed by atoms with Crippen molar-refractivity contribution in [2.45, 2.75) is 25.9 Å². The van der Waals surface area contributed by atoms with Crippen LogP contribution in [0.4, 0.5) is 0 Å². The quantitative estimate of drug-likeness (QED) is 0.904. The summed E-state index contributed by atoms with van der Waals surface area (Å²) >= 11 is 3.38. The van der Waals surface area contributed by atoms with Crippen LogP contribution in [0.3, 0.4) is 0 Å². The number of rotatable bonds is 5. The molecule has 1 aromatic carbocycles. The molecule has 1 rings (SSSR count). The molecule has 16 heavy (non-hydrogen) atoms. The fraction of sp³-hybridized carbons (Fsp3) is 0.417. The highest BCUT2D eigenvalue weighted by Gasteiger charge is 2.12. The molecule has 0 aliphatic heterocycles. The zero-order chi connectivity index (χ0) is 12.1. The minimum Gasteiger partial charge on any atom is -0.481 e. The van der Waals surface area contributed by atoms with Crippen LogP contribution in [0.15, 0.2) is 28.7 Å². The van der Waals surface area contributed by atoms with E-state index in [9.17, 15) is 4.79 Å². The number of hydrogen-bond acceptors (Lipinski definition) is 2. The summed E-state index contributed by atoms with van der Waals surface area (Å²) in [5.41, 5.74) is 1.18. The fourth-order valence-electron chi connectivity index (χ4n) is 1.44. The summed E-state index contributed by atoms with van der Waals surface area (Å²) in [6, 6.07) is 8.10. The van der Waals surface area contributed by atoms with Gasteiger partial charge in [0.25, 0.3) is 0 Å². The van der Waals surface area contributed by atoms with E-state index < -0.39 is 5.97 Å². The summed E-state index contributed by atoms with van der Waals surface area (Å²) in [4.78, 5) is 12.6. The van der Waals surface area contributed by atoms with Gasteiger partial charge in [-0.3, -0.25) is 9.69 Å². The number of hydrogen-bond donors (Lipinski definition) is 1. The van der Waals surface area contributed by atoms with E-state index >= 15 is 0 Å². The Bertz CT molecular complexity index is 351. The van der Waals surface area contributed by atoms with Crippen molar-refractivity contribution in [3.8, 4) is 0 Å². The van der Waals surface area contributed by atoms with Gasteiger partial charge in [0.2, 0.25) is 0 Å². The van der Waals surface area contributed by atoms with Crippen LogP contribution in [0.2, 0.25) is 0 Å². The molecular weight excluding hydrogens is 270 g/mol. The van der Waals surface area contributed by atoms with Gasteiger partial charge in [0.15, 0.2) is 0 Å². The molecule has 1 atom stereocenters. The van der Waals surface area contributed by atoms with E-state index in [1.54, 1.807) is 0 Å². The van der Waals surface area contributed by atoms with Gasteiger partial charge >= 0.3 is 5.97 Å². The Balaban J connectivity index is 2.53. The highest BCUT2D eigenvalue weighted by molar-refractivity contribution is 9.10. The van der Waals surface area contributed by atoms with Crippen LogP contribution in [0.5, 0.6) is 0 Å². The summed E-state index contributed by atoms with van der Waals surface area (Å²) < 4.78 is 1.05. The maximum absolute atomic E-state index is 10.6. The van der Waals surface area contributed by atoms with Gasteiger partial charge in [0.1, 0.15) is 0 Å². The Morgan fingerprint density at radius 2 is 2.00 bits per heavy atom. The van der Waals surface area contributed by atoms with Crippen molar-refractivity contribution in [2.24, 2.45) is 0 Å². The summed E-state index contributed by atoms with van der Waals surface area (Å²) in [7, 11) is 1.94.